The summed E-state index contributed by atoms with van der Waals surface area (Å²) in [6.07, 6.45) is 0.615. The zero-order valence-corrected chi connectivity index (χ0v) is 19.2. The van der Waals surface area contributed by atoms with Gasteiger partial charge in [0.25, 0.3) is 11.6 Å². The summed E-state index contributed by atoms with van der Waals surface area (Å²) in [6, 6.07) is 10.6. The van der Waals surface area contributed by atoms with Crippen LogP contribution in [-0.2, 0) is 14.8 Å². The summed E-state index contributed by atoms with van der Waals surface area (Å²) in [4.78, 5) is 25.4. The predicted molar refractivity (Wildman–Crippen MR) is 119 cm³/mol. The highest BCUT2D eigenvalue weighted by atomic mass is 32.2. The maximum atomic E-state index is 13.3. The summed E-state index contributed by atoms with van der Waals surface area (Å²) >= 11 is 0. The van der Waals surface area contributed by atoms with Crippen LogP contribution in [-0.4, -0.2) is 67.5 Å². The number of hydrogen-bond donors (Lipinski definition) is 0. The van der Waals surface area contributed by atoms with Gasteiger partial charge in [-0.1, -0.05) is 6.07 Å². The molecular formula is C22H25N3O7S. The molecule has 2 aliphatic rings. The summed E-state index contributed by atoms with van der Waals surface area (Å²) in [7, 11) is -2.30. The fourth-order valence-electron chi connectivity index (χ4n) is 4.38. The molecule has 2 heterocycles. The molecule has 2 fully saturated rings. The van der Waals surface area contributed by atoms with Crippen LogP contribution in [0.25, 0.3) is 0 Å². The first-order valence-electron chi connectivity index (χ1n) is 10.5. The number of amides is 1. The van der Waals surface area contributed by atoms with Crippen molar-refractivity contribution in [1.82, 2.24) is 9.21 Å². The molecule has 0 bridgehead atoms. The Morgan fingerprint density at radius 2 is 1.79 bits per heavy atom. The third-order valence-electron chi connectivity index (χ3n) is 6.25. The van der Waals surface area contributed by atoms with E-state index in [0.29, 0.717) is 24.2 Å². The van der Waals surface area contributed by atoms with Gasteiger partial charge in [0.2, 0.25) is 10.0 Å². The fraction of sp³-hybridized carbons (Fsp3) is 0.409. The minimum atomic E-state index is -3.81. The van der Waals surface area contributed by atoms with E-state index in [1.165, 1.54) is 29.6 Å². The SMILES string of the molecule is COc1ccc(S(=O)(=O)N2CCOC23CCN(C(=O)c2ccc(C)c([N+](=O)[O-])c2)CC3)cc1. The Morgan fingerprint density at radius 3 is 2.39 bits per heavy atom. The van der Waals surface area contributed by atoms with Crippen LogP contribution < -0.4 is 4.74 Å². The first-order chi connectivity index (χ1) is 15.7. The van der Waals surface area contributed by atoms with E-state index in [4.69, 9.17) is 9.47 Å². The molecule has 33 heavy (non-hydrogen) atoms. The maximum Gasteiger partial charge on any atom is 0.273 e. The highest BCUT2D eigenvalue weighted by molar-refractivity contribution is 7.89. The first-order valence-corrected chi connectivity index (χ1v) is 12.0. The monoisotopic (exact) mass is 475 g/mol. The number of nitro benzene ring substituents is 1. The second-order valence-corrected chi connectivity index (χ2v) is 9.96. The van der Waals surface area contributed by atoms with Crippen LogP contribution >= 0.6 is 0 Å². The Bertz CT molecular complexity index is 1170. The van der Waals surface area contributed by atoms with Crippen LogP contribution in [0.15, 0.2) is 47.4 Å². The summed E-state index contributed by atoms with van der Waals surface area (Å²) in [5.41, 5.74) is -0.411. The van der Waals surface area contributed by atoms with E-state index >= 15 is 0 Å². The van der Waals surface area contributed by atoms with Gasteiger partial charge in [0.1, 0.15) is 11.5 Å². The molecule has 0 saturated carbocycles. The van der Waals surface area contributed by atoms with Gasteiger partial charge in [0.05, 0.1) is 23.5 Å². The molecule has 2 aliphatic heterocycles. The molecule has 2 aromatic carbocycles. The fourth-order valence-corrected chi connectivity index (χ4v) is 6.11. The summed E-state index contributed by atoms with van der Waals surface area (Å²) in [5.74, 6) is 0.236. The predicted octanol–water partition coefficient (Wildman–Crippen LogP) is 2.57. The molecule has 0 unspecified atom stereocenters. The van der Waals surface area contributed by atoms with Crippen LogP contribution in [0.4, 0.5) is 5.69 Å². The van der Waals surface area contributed by atoms with Crippen LogP contribution in [0.5, 0.6) is 5.75 Å². The second-order valence-electron chi connectivity index (χ2n) is 8.10. The average molecular weight is 476 g/mol. The third-order valence-corrected chi connectivity index (χ3v) is 8.22. The molecule has 0 atom stereocenters. The van der Waals surface area contributed by atoms with E-state index in [-0.39, 0.29) is 48.3 Å². The number of likely N-dealkylation sites (tertiary alicyclic amines) is 1. The number of nitro groups is 1. The highest BCUT2D eigenvalue weighted by Crippen LogP contribution is 2.39. The molecule has 0 aliphatic carbocycles. The molecule has 4 rings (SSSR count). The number of methoxy groups -OCH3 is 1. The summed E-state index contributed by atoms with van der Waals surface area (Å²) in [5, 5.41) is 11.2. The number of carbonyl (C=O) groups is 1. The van der Waals surface area contributed by atoms with Crippen molar-refractivity contribution in [1.29, 1.82) is 0 Å². The van der Waals surface area contributed by atoms with Gasteiger partial charge < -0.3 is 14.4 Å². The number of hydrogen-bond acceptors (Lipinski definition) is 7. The minimum Gasteiger partial charge on any atom is -0.497 e. The maximum absolute atomic E-state index is 13.3. The van der Waals surface area contributed by atoms with Gasteiger partial charge in [-0.25, -0.2) is 8.42 Å². The van der Waals surface area contributed by atoms with Crippen molar-refractivity contribution in [3.63, 3.8) is 0 Å². The molecule has 1 amide bonds. The molecule has 2 saturated heterocycles. The van der Waals surface area contributed by atoms with Crippen molar-refractivity contribution >= 4 is 21.6 Å². The van der Waals surface area contributed by atoms with Crippen LogP contribution in [0.3, 0.4) is 0 Å². The average Bonchev–Trinajstić information content (AvgIpc) is 3.23. The van der Waals surface area contributed by atoms with Gasteiger partial charge in [-0.05, 0) is 37.3 Å². The summed E-state index contributed by atoms with van der Waals surface area (Å²) in [6.45, 7) is 2.66. The van der Waals surface area contributed by atoms with Crippen LogP contribution in [0, 0.1) is 17.0 Å². The van der Waals surface area contributed by atoms with Gasteiger partial charge in [-0.15, -0.1) is 0 Å². The molecule has 0 aromatic heterocycles. The highest BCUT2D eigenvalue weighted by Gasteiger charge is 2.51. The van der Waals surface area contributed by atoms with E-state index in [2.05, 4.69) is 0 Å². The Balaban J connectivity index is 1.51. The number of piperidine rings is 1. The Kier molecular flexibility index (Phi) is 6.12. The molecule has 176 valence electrons. The standard InChI is InChI=1S/C22H25N3O7S/c1-16-3-4-17(15-20(16)25(27)28)21(26)23-11-9-22(10-12-23)24(13-14-32-22)33(29,30)19-7-5-18(31-2)6-8-19/h3-8,15H,9-14H2,1-2H3. The van der Waals surface area contributed by atoms with Crippen molar-refractivity contribution in [3.8, 4) is 5.75 Å². The van der Waals surface area contributed by atoms with Gasteiger partial charge in [-0.2, -0.15) is 4.31 Å². The Morgan fingerprint density at radius 1 is 1.12 bits per heavy atom. The minimum absolute atomic E-state index is 0.106. The van der Waals surface area contributed by atoms with Gasteiger partial charge in [0.15, 0.2) is 0 Å². The number of nitrogens with zero attached hydrogens (tertiary/aromatic N) is 3. The number of ether oxygens (including phenoxy) is 2. The molecule has 1 spiro atoms. The summed E-state index contributed by atoms with van der Waals surface area (Å²) < 4.78 is 39.1. The van der Waals surface area contributed by atoms with E-state index in [0.717, 1.165) is 0 Å². The lowest BCUT2D eigenvalue weighted by atomic mass is 9.99. The number of carbonyl (C=O) groups excluding carboxylic acids is 1. The molecule has 10 nitrogen and oxygen atoms in total. The van der Waals surface area contributed by atoms with Gasteiger partial charge >= 0.3 is 0 Å². The smallest absolute Gasteiger partial charge is 0.273 e. The molecule has 0 N–H and O–H groups in total. The third kappa shape index (κ3) is 4.19. The topological polar surface area (TPSA) is 119 Å². The number of sulfonamides is 1. The first kappa shape index (κ1) is 23.1. The quantitative estimate of drug-likeness (QED) is 0.481. The normalized spacial score (nSPS) is 18.4. The van der Waals surface area contributed by atoms with E-state index in [1.807, 2.05) is 0 Å². The van der Waals surface area contributed by atoms with E-state index in [9.17, 15) is 23.3 Å². The van der Waals surface area contributed by atoms with E-state index < -0.39 is 20.7 Å². The molecule has 11 heteroatoms. The van der Waals surface area contributed by atoms with E-state index in [1.54, 1.807) is 36.1 Å². The molecule has 2 aromatic rings. The van der Waals surface area contributed by atoms with Crippen molar-refractivity contribution in [2.75, 3.05) is 33.4 Å². The lowest BCUT2D eigenvalue weighted by Crippen LogP contribution is -2.55. The van der Waals surface area contributed by atoms with Crippen molar-refractivity contribution in [3.05, 3.63) is 63.7 Å². The molecular weight excluding hydrogens is 450 g/mol. The molecule has 0 radical (unpaired) electrons. The van der Waals surface area contributed by atoms with Crippen molar-refractivity contribution in [2.24, 2.45) is 0 Å². The van der Waals surface area contributed by atoms with Gasteiger partial charge in [-0.3, -0.25) is 14.9 Å². The number of rotatable bonds is 5. The van der Waals surface area contributed by atoms with Crippen LogP contribution in [0.1, 0.15) is 28.8 Å². The number of aryl methyl sites for hydroxylation is 1. The largest absolute Gasteiger partial charge is 0.497 e. The zero-order chi connectivity index (χ0) is 23.8. The van der Waals surface area contributed by atoms with Crippen molar-refractivity contribution < 1.29 is 27.6 Å². The zero-order valence-electron chi connectivity index (χ0n) is 18.4. The van der Waals surface area contributed by atoms with Crippen LogP contribution in [0.2, 0.25) is 0 Å². The number of benzene rings is 2. The Hall–Kier alpha value is -3.02. The van der Waals surface area contributed by atoms with Crippen molar-refractivity contribution in [2.45, 2.75) is 30.4 Å². The lowest BCUT2D eigenvalue weighted by Gasteiger charge is -2.42. The second kappa shape index (κ2) is 8.73. The lowest BCUT2D eigenvalue weighted by molar-refractivity contribution is -0.385. The van der Waals surface area contributed by atoms with Gasteiger partial charge in [0, 0.05) is 49.7 Å². The Labute approximate surface area is 191 Å².